The number of aryl methyl sites for hydroxylation is 2. The molecule has 0 amide bonds. The van der Waals surface area contributed by atoms with Gasteiger partial charge in [-0.2, -0.15) is 0 Å². The zero-order valence-electron chi connectivity index (χ0n) is 8.35. The maximum atomic E-state index is 5.61. The Hall–Kier alpha value is -1.63. The summed E-state index contributed by atoms with van der Waals surface area (Å²) in [5, 5.41) is 8.14. The minimum absolute atomic E-state index is 0.456. The molecule has 0 atom stereocenters. The van der Waals surface area contributed by atoms with Gasteiger partial charge in [0, 0.05) is 6.07 Å². The molecule has 2 aromatic heterocycles. The van der Waals surface area contributed by atoms with Crippen LogP contribution >= 0.6 is 11.8 Å². The standard InChI is InChI=1S/C8H10N6S/c1-4-10-6(9)3-7(11-4)15-8-12-5(2)13-14-8/h3H,1-2H3,(H2,9,10,11)(H,12,13,14). The molecule has 0 radical (unpaired) electrons. The summed E-state index contributed by atoms with van der Waals surface area (Å²) in [6, 6.07) is 1.70. The van der Waals surface area contributed by atoms with Crippen LogP contribution in [0.3, 0.4) is 0 Å². The van der Waals surface area contributed by atoms with E-state index >= 15 is 0 Å². The van der Waals surface area contributed by atoms with Crippen LogP contribution in [0.15, 0.2) is 16.2 Å². The Bertz CT molecular complexity index is 459. The third kappa shape index (κ3) is 2.44. The fraction of sp³-hybridized carbons (Fsp3) is 0.250. The molecule has 0 spiro atoms. The number of H-pyrrole nitrogens is 1. The van der Waals surface area contributed by atoms with Gasteiger partial charge in [0.2, 0.25) is 5.16 Å². The molecular formula is C8H10N6S. The molecule has 0 aliphatic rings. The lowest BCUT2D eigenvalue weighted by atomic mass is 10.5. The summed E-state index contributed by atoms with van der Waals surface area (Å²) in [6.07, 6.45) is 0. The van der Waals surface area contributed by atoms with Crippen molar-refractivity contribution >= 4 is 17.6 Å². The molecule has 0 bridgehead atoms. The van der Waals surface area contributed by atoms with E-state index in [0.29, 0.717) is 16.8 Å². The average Bonchev–Trinajstić information content (AvgIpc) is 2.49. The topological polar surface area (TPSA) is 93.4 Å². The second kappa shape index (κ2) is 3.85. The number of rotatable bonds is 2. The lowest BCUT2D eigenvalue weighted by molar-refractivity contribution is 0.945. The van der Waals surface area contributed by atoms with Gasteiger partial charge in [-0.25, -0.2) is 15.0 Å². The van der Waals surface area contributed by atoms with Gasteiger partial charge >= 0.3 is 0 Å². The number of aromatic amines is 1. The zero-order valence-corrected chi connectivity index (χ0v) is 9.17. The predicted octanol–water partition coefficient (Wildman–Crippen LogP) is 0.945. The van der Waals surface area contributed by atoms with Crippen LogP contribution in [0.4, 0.5) is 5.82 Å². The van der Waals surface area contributed by atoms with Crippen LogP contribution in [0, 0.1) is 13.8 Å². The number of nitrogens with two attached hydrogens (primary N) is 1. The fourth-order valence-corrected chi connectivity index (χ4v) is 1.89. The van der Waals surface area contributed by atoms with Crippen molar-refractivity contribution in [1.29, 1.82) is 0 Å². The smallest absolute Gasteiger partial charge is 0.214 e. The number of nitrogens with one attached hydrogen (secondary N) is 1. The first-order valence-electron chi connectivity index (χ1n) is 4.31. The summed E-state index contributed by atoms with van der Waals surface area (Å²) < 4.78 is 0. The van der Waals surface area contributed by atoms with Crippen molar-refractivity contribution in [2.24, 2.45) is 0 Å². The van der Waals surface area contributed by atoms with Gasteiger partial charge in [0.1, 0.15) is 22.5 Å². The number of hydrogen-bond acceptors (Lipinski definition) is 6. The maximum Gasteiger partial charge on any atom is 0.214 e. The molecule has 0 aromatic carbocycles. The van der Waals surface area contributed by atoms with Gasteiger partial charge in [-0.3, -0.25) is 5.10 Å². The Morgan fingerprint density at radius 3 is 2.67 bits per heavy atom. The fourth-order valence-electron chi connectivity index (χ4n) is 1.08. The SMILES string of the molecule is Cc1nc(N)cc(Sc2n[nH]c(C)n2)n1. The summed E-state index contributed by atoms with van der Waals surface area (Å²) >= 11 is 1.35. The van der Waals surface area contributed by atoms with Crippen molar-refractivity contribution in [3.05, 3.63) is 17.7 Å². The Labute approximate surface area is 90.7 Å². The molecule has 0 saturated heterocycles. The van der Waals surface area contributed by atoms with Crippen molar-refractivity contribution in [2.45, 2.75) is 24.0 Å². The molecule has 78 valence electrons. The number of nitrogens with zero attached hydrogens (tertiary/aromatic N) is 4. The van der Waals surface area contributed by atoms with Gasteiger partial charge in [-0.1, -0.05) is 0 Å². The van der Waals surface area contributed by atoms with Crippen LogP contribution < -0.4 is 5.73 Å². The van der Waals surface area contributed by atoms with Gasteiger partial charge in [0.05, 0.1) is 0 Å². The van der Waals surface area contributed by atoms with Crippen LogP contribution in [0.2, 0.25) is 0 Å². The van der Waals surface area contributed by atoms with Gasteiger partial charge in [0.15, 0.2) is 0 Å². The van der Waals surface area contributed by atoms with Crippen LogP contribution in [0.25, 0.3) is 0 Å². The van der Waals surface area contributed by atoms with Crippen LogP contribution in [0.5, 0.6) is 0 Å². The highest BCUT2D eigenvalue weighted by molar-refractivity contribution is 7.99. The van der Waals surface area contributed by atoms with Gasteiger partial charge < -0.3 is 5.73 Å². The molecule has 0 aliphatic heterocycles. The lowest BCUT2D eigenvalue weighted by Gasteiger charge is -1.99. The van der Waals surface area contributed by atoms with E-state index in [1.165, 1.54) is 11.8 Å². The highest BCUT2D eigenvalue weighted by Crippen LogP contribution is 2.23. The second-order valence-corrected chi connectivity index (χ2v) is 3.97. The molecular weight excluding hydrogens is 212 g/mol. The van der Waals surface area contributed by atoms with E-state index < -0.39 is 0 Å². The first-order valence-corrected chi connectivity index (χ1v) is 5.13. The third-order valence-electron chi connectivity index (χ3n) is 1.61. The van der Waals surface area contributed by atoms with Crippen molar-refractivity contribution < 1.29 is 0 Å². The molecule has 0 unspecified atom stereocenters. The molecule has 2 aromatic rings. The molecule has 0 fully saturated rings. The third-order valence-corrected chi connectivity index (χ3v) is 2.39. The van der Waals surface area contributed by atoms with E-state index in [0.717, 1.165) is 10.9 Å². The first kappa shape index (κ1) is 9.91. The minimum atomic E-state index is 0.456. The van der Waals surface area contributed by atoms with Crippen LogP contribution in [-0.2, 0) is 0 Å². The van der Waals surface area contributed by atoms with E-state index in [-0.39, 0.29) is 0 Å². The lowest BCUT2D eigenvalue weighted by Crippen LogP contribution is -1.96. The summed E-state index contributed by atoms with van der Waals surface area (Å²) in [5.41, 5.74) is 5.61. The molecule has 6 nitrogen and oxygen atoms in total. The first-order chi connectivity index (χ1) is 7.13. The maximum absolute atomic E-state index is 5.61. The summed E-state index contributed by atoms with van der Waals surface area (Å²) in [5.74, 6) is 1.87. The number of aromatic nitrogens is 5. The second-order valence-electron chi connectivity index (χ2n) is 2.98. The normalized spacial score (nSPS) is 10.5. The summed E-state index contributed by atoms with van der Waals surface area (Å²) in [4.78, 5) is 12.4. The summed E-state index contributed by atoms with van der Waals surface area (Å²) in [7, 11) is 0. The van der Waals surface area contributed by atoms with E-state index in [4.69, 9.17) is 5.73 Å². The van der Waals surface area contributed by atoms with Crippen molar-refractivity contribution in [3.63, 3.8) is 0 Å². The Kier molecular flexibility index (Phi) is 2.55. The molecule has 3 N–H and O–H groups in total. The quantitative estimate of drug-likeness (QED) is 0.735. The highest BCUT2D eigenvalue weighted by atomic mass is 32.2. The minimum Gasteiger partial charge on any atom is -0.384 e. The van der Waals surface area contributed by atoms with E-state index in [2.05, 4.69) is 25.1 Å². The average molecular weight is 222 g/mol. The highest BCUT2D eigenvalue weighted by Gasteiger charge is 2.05. The molecule has 7 heteroatoms. The van der Waals surface area contributed by atoms with Crippen LogP contribution in [-0.4, -0.2) is 25.1 Å². The van der Waals surface area contributed by atoms with E-state index in [9.17, 15) is 0 Å². The van der Waals surface area contributed by atoms with Gasteiger partial charge in [0.25, 0.3) is 0 Å². The monoisotopic (exact) mass is 222 g/mol. The molecule has 2 rings (SSSR count). The zero-order chi connectivity index (χ0) is 10.8. The largest absolute Gasteiger partial charge is 0.384 e. The Morgan fingerprint density at radius 2 is 2.07 bits per heavy atom. The number of anilines is 1. The molecule has 15 heavy (non-hydrogen) atoms. The molecule has 2 heterocycles. The molecule has 0 aliphatic carbocycles. The summed E-state index contributed by atoms with van der Waals surface area (Å²) in [6.45, 7) is 3.64. The van der Waals surface area contributed by atoms with Crippen molar-refractivity contribution in [1.82, 2.24) is 25.1 Å². The van der Waals surface area contributed by atoms with E-state index in [1.807, 2.05) is 6.92 Å². The van der Waals surface area contributed by atoms with Gasteiger partial charge in [-0.15, -0.1) is 5.10 Å². The number of nitrogen functional groups attached to an aromatic ring is 1. The Morgan fingerprint density at radius 1 is 1.27 bits per heavy atom. The van der Waals surface area contributed by atoms with E-state index in [1.54, 1.807) is 13.0 Å². The Balaban J connectivity index is 2.24. The van der Waals surface area contributed by atoms with Crippen molar-refractivity contribution in [2.75, 3.05) is 5.73 Å². The van der Waals surface area contributed by atoms with Crippen LogP contribution in [0.1, 0.15) is 11.6 Å². The van der Waals surface area contributed by atoms with Gasteiger partial charge in [-0.05, 0) is 25.6 Å². The van der Waals surface area contributed by atoms with Crippen molar-refractivity contribution in [3.8, 4) is 0 Å². The number of hydrogen-bond donors (Lipinski definition) is 2. The molecule has 0 saturated carbocycles. The predicted molar refractivity (Wildman–Crippen MR) is 56.4 cm³/mol.